The number of nitrogens with one attached hydrogen (secondary N) is 3. The Morgan fingerprint density at radius 3 is 2.81 bits per heavy atom. The number of anilines is 1. The highest BCUT2D eigenvalue weighted by Crippen LogP contribution is 2.39. The highest BCUT2D eigenvalue weighted by molar-refractivity contribution is 7.13. The van der Waals surface area contributed by atoms with E-state index >= 15 is 0 Å². The van der Waals surface area contributed by atoms with Crippen LogP contribution in [0.25, 0.3) is 32.7 Å². The fraction of sp³-hybridized carbons (Fsp3) is 0.286. The van der Waals surface area contributed by atoms with Gasteiger partial charge in [-0.15, -0.1) is 11.3 Å². The summed E-state index contributed by atoms with van der Waals surface area (Å²) in [5.41, 5.74) is 0.798. The molecule has 0 bridgehead atoms. The molecule has 0 radical (unpaired) electrons. The second kappa shape index (κ2) is 8.15. The minimum atomic E-state index is -4.61. The molecule has 0 aliphatic carbocycles. The summed E-state index contributed by atoms with van der Waals surface area (Å²) in [4.78, 5) is 15.5. The zero-order valence-electron chi connectivity index (χ0n) is 16.6. The Bertz CT molecular complexity index is 1240. The second-order valence-electron chi connectivity index (χ2n) is 7.64. The second-order valence-corrected chi connectivity index (χ2v) is 8.54. The van der Waals surface area contributed by atoms with E-state index in [4.69, 9.17) is 0 Å². The average Bonchev–Trinajstić information content (AvgIpc) is 3.42. The maximum atomic E-state index is 13.8. The highest BCUT2D eigenvalue weighted by atomic mass is 32.1. The molecule has 5 rings (SSSR count). The average molecular weight is 460 g/mol. The molecule has 0 unspecified atom stereocenters. The molecule has 1 aromatic carbocycles. The first kappa shape index (κ1) is 20.9. The maximum absolute atomic E-state index is 13.8. The van der Waals surface area contributed by atoms with Gasteiger partial charge in [-0.05, 0) is 12.5 Å². The predicted molar refractivity (Wildman–Crippen MR) is 116 cm³/mol. The lowest BCUT2D eigenvalue weighted by Gasteiger charge is -2.27. The molecule has 1 fully saturated rings. The van der Waals surface area contributed by atoms with Crippen molar-refractivity contribution in [3.8, 4) is 21.8 Å². The van der Waals surface area contributed by atoms with Crippen LogP contribution in [0.2, 0.25) is 0 Å². The summed E-state index contributed by atoms with van der Waals surface area (Å²) >= 11 is 1.49. The van der Waals surface area contributed by atoms with E-state index in [-0.39, 0.29) is 17.7 Å². The Labute approximate surface area is 184 Å². The van der Waals surface area contributed by atoms with Crippen molar-refractivity contribution >= 4 is 28.2 Å². The van der Waals surface area contributed by atoms with E-state index in [1.165, 1.54) is 17.5 Å². The highest BCUT2D eigenvalue weighted by Gasteiger charge is 2.36. The van der Waals surface area contributed by atoms with Crippen LogP contribution in [0.3, 0.4) is 0 Å². The number of hydrogen-bond acceptors (Lipinski definition) is 7. The van der Waals surface area contributed by atoms with E-state index in [2.05, 4.69) is 30.6 Å². The van der Waals surface area contributed by atoms with Gasteiger partial charge in [0.25, 0.3) is 0 Å². The van der Waals surface area contributed by atoms with Gasteiger partial charge in [-0.3, -0.25) is 0 Å². The van der Waals surface area contributed by atoms with Gasteiger partial charge in [0.1, 0.15) is 10.6 Å². The first-order valence-corrected chi connectivity index (χ1v) is 10.9. The number of benzene rings is 1. The van der Waals surface area contributed by atoms with Crippen LogP contribution in [0, 0.1) is 0 Å². The quantitative estimate of drug-likeness (QED) is 0.369. The smallest absolute Gasteiger partial charge is 0.392 e. The van der Waals surface area contributed by atoms with Gasteiger partial charge in [0.15, 0.2) is 0 Å². The normalized spacial score (nSPS) is 19.4. The van der Waals surface area contributed by atoms with Gasteiger partial charge in [-0.2, -0.15) is 13.2 Å². The summed E-state index contributed by atoms with van der Waals surface area (Å²) in [7, 11) is 0. The molecular formula is C21H19F3N6OS. The van der Waals surface area contributed by atoms with E-state index in [9.17, 15) is 18.3 Å². The third-order valence-electron chi connectivity index (χ3n) is 5.37. The van der Waals surface area contributed by atoms with Gasteiger partial charge in [0.05, 0.1) is 11.8 Å². The predicted octanol–water partition coefficient (Wildman–Crippen LogP) is 3.90. The van der Waals surface area contributed by atoms with Crippen LogP contribution in [-0.2, 0) is 6.18 Å². The van der Waals surface area contributed by atoms with Crippen molar-refractivity contribution < 1.29 is 18.3 Å². The SMILES string of the molecule is O[C@H]1CNC[C@@H](Nc2ncc(C(F)(F)F)c(-c3c[nH]c4cc(-c5nccs5)ccc34)n2)C1. The summed E-state index contributed by atoms with van der Waals surface area (Å²) in [5, 5.41) is 19.2. The zero-order valence-corrected chi connectivity index (χ0v) is 17.5. The molecule has 1 aliphatic heterocycles. The minimum Gasteiger partial charge on any atom is -0.392 e. The largest absolute Gasteiger partial charge is 0.419 e. The number of piperidine rings is 1. The standard InChI is InChI=1S/C21H19F3N6OS/c22-21(23,24)16-10-28-20(29-12-6-13(31)8-25-7-12)30-18(16)15-9-27-17-5-11(1-2-14(15)17)19-26-3-4-32-19/h1-5,9-10,12-13,25,27,31H,6-8H2,(H,28,29,30)/t12-,13+/m0/s1. The number of nitrogens with zero attached hydrogens (tertiary/aromatic N) is 3. The Morgan fingerprint density at radius 1 is 1.19 bits per heavy atom. The van der Waals surface area contributed by atoms with Crippen molar-refractivity contribution in [1.82, 2.24) is 25.3 Å². The number of aromatic amines is 1. The molecule has 11 heteroatoms. The Kier molecular flexibility index (Phi) is 5.31. The van der Waals surface area contributed by atoms with Gasteiger partial charge in [0.2, 0.25) is 5.95 Å². The molecule has 166 valence electrons. The molecule has 4 aromatic rings. The van der Waals surface area contributed by atoms with Gasteiger partial charge in [-0.1, -0.05) is 12.1 Å². The number of aromatic nitrogens is 4. The summed E-state index contributed by atoms with van der Waals surface area (Å²) in [6.07, 6.45) is -0.643. The number of thiazole rings is 1. The summed E-state index contributed by atoms with van der Waals surface area (Å²) < 4.78 is 41.3. The monoisotopic (exact) mass is 460 g/mol. The molecular weight excluding hydrogens is 441 g/mol. The van der Waals surface area contributed by atoms with Crippen molar-refractivity contribution in [2.24, 2.45) is 0 Å². The Hall–Kier alpha value is -3.02. The summed E-state index contributed by atoms with van der Waals surface area (Å²) in [6, 6.07) is 5.28. The first-order chi connectivity index (χ1) is 15.4. The van der Waals surface area contributed by atoms with E-state index in [0.717, 1.165) is 16.8 Å². The molecule has 1 aliphatic rings. The molecule has 1 saturated heterocycles. The number of alkyl halides is 3. The first-order valence-electron chi connectivity index (χ1n) is 9.99. The lowest BCUT2D eigenvalue weighted by atomic mass is 10.0. The van der Waals surface area contributed by atoms with E-state index in [0.29, 0.717) is 36.0 Å². The van der Waals surface area contributed by atoms with Gasteiger partial charge in [0, 0.05) is 65.1 Å². The van der Waals surface area contributed by atoms with E-state index in [1.807, 2.05) is 17.5 Å². The molecule has 32 heavy (non-hydrogen) atoms. The number of aliphatic hydroxyl groups is 1. The van der Waals surface area contributed by atoms with E-state index < -0.39 is 17.8 Å². The zero-order chi connectivity index (χ0) is 22.3. The van der Waals surface area contributed by atoms with Crippen LogP contribution in [0.15, 0.2) is 42.2 Å². The molecule has 0 spiro atoms. The maximum Gasteiger partial charge on any atom is 0.419 e. The van der Waals surface area contributed by atoms with Crippen LogP contribution in [0.4, 0.5) is 19.1 Å². The molecule has 4 heterocycles. The van der Waals surface area contributed by atoms with Crippen LogP contribution in [-0.4, -0.2) is 50.3 Å². The van der Waals surface area contributed by atoms with Crippen molar-refractivity contribution in [1.29, 1.82) is 0 Å². The van der Waals surface area contributed by atoms with Crippen LogP contribution in [0.5, 0.6) is 0 Å². The summed E-state index contributed by atoms with van der Waals surface area (Å²) in [5.74, 6) is 0.0858. The van der Waals surface area contributed by atoms with Crippen LogP contribution >= 0.6 is 11.3 Å². The number of aliphatic hydroxyl groups excluding tert-OH is 1. The Balaban J connectivity index is 1.55. The molecule has 0 amide bonds. The lowest BCUT2D eigenvalue weighted by Crippen LogP contribution is -2.46. The lowest BCUT2D eigenvalue weighted by molar-refractivity contribution is -0.137. The summed E-state index contributed by atoms with van der Waals surface area (Å²) in [6.45, 7) is 1.04. The Morgan fingerprint density at radius 2 is 2.06 bits per heavy atom. The van der Waals surface area contributed by atoms with Gasteiger partial charge in [-0.25, -0.2) is 15.0 Å². The van der Waals surface area contributed by atoms with Crippen LogP contribution < -0.4 is 10.6 Å². The topological polar surface area (TPSA) is 98.8 Å². The van der Waals surface area contributed by atoms with Crippen molar-refractivity contribution in [2.45, 2.75) is 24.7 Å². The van der Waals surface area contributed by atoms with Gasteiger partial charge < -0.3 is 20.7 Å². The van der Waals surface area contributed by atoms with Crippen molar-refractivity contribution in [3.63, 3.8) is 0 Å². The number of rotatable bonds is 4. The molecule has 2 atom stereocenters. The van der Waals surface area contributed by atoms with E-state index in [1.54, 1.807) is 12.3 Å². The number of halogens is 3. The number of hydrogen-bond donors (Lipinski definition) is 4. The molecule has 0 saturated carbocycles. The van der Waals surface area contributed by atoms with Crippen molar-refractivity contribution in [2.75, 3.05) is 18.4 Å². The molecule has 4 N–H and O–H groups in total. The van der Waals surface area contributed by atoms with Crippen molar-refractivity contribution in [3.05, 3.63) is 47.7 Å². The molecule has 3 aromatic heterocycles. The minimum absolute atomic E-state index is 0.0858. The number of H-pyrrole nitrogens is 1. The third kappa shape index (κ3) is 4.06. The number of fused-ring (bicyclic) bond motifs is 1. The van der Waals surface area contributed by atoms with Gasteiger partial charge >= 0.3 is 6.18 Å². The third-order valence-corrected chi connectivity index (χ3v) is 6.19. The fourth-order valence-electron chi connectivity index (χ4n) is 3.90. The van der Waals surface area contributed by atoms with Crippen LogP contribution in [0.1, 0.15) is 12.0 Å². The fourth-order valence-corrected chi connectivity index (χ4v) is 4.53. The number of β-amino-alcohol motifs (C(OH)–C–C–N with tert-alkyl or cyclic N) is 1. The molecule has 7 nitrogen and oxygen atoms in total.